The maximum absolute atomic E-state index is 9.00. The first-order valence-electron chi connectivity index (χ1n) is 5.50. The Hall–Kier alpha value is -1.14. The van der Waals surface area contributed by atoms with Crippen LogP contribution in [0.25, 0.3) is 0 Å². The van der Waals surface area contributed by atoms with Crippen LogP contribution in [0.4, 0.5) is 0 Å². The van der Waals surface area contributed by atoms with Crippen LogP contribution in [0.3, 0.4) is 0 Å². The van der Waals surface area contributed by atoms with Gasteiger partial charge >= 0.3 is 0 Å². The van der Waals surface area contributed by atoms with Crippen LogP contribution in [-0.4, -0.2) is 10.9 Å². The Morgan fingerprint density at radius 3 is 2.38 bits per heavy atom. The molecular formula is C13H15NOS. The molecule has 1 aliphatic rings. The standard InChI is InChI=1S/C13H15NOS/c1-10(2)15-11-3-5-12(6-4-11)16-13(9-14)7-8-13/h3-6,10H,7-8H2,1-2H3. The lowest BCUT2D eigenvalue weighted by Gasteiger charge is -2.10. The van der Waals surface area contributed by atoms with Crippen molar-refractivity contribution in [3.05, 3.63) is 24.3 Å². The number of nitriles is 1. The monoisotopic (exact) mass is 233 g/mol. The fourth-order valence-electron chi connectivity index (χ4n) is 1.43. The van der Waals surface area contributed by atoms with Crippen LogP contribution >= 0.6 is 11.8 Å². The minimum Gasteiger partial charge on any atom is -0.491 e. The van der Waals surface area contributed by atoms with E-state index in [1.807, 2.05) is 38.1 Å². The molecule has 84 valence electrons. The molecule has 0 bridgehead atoms. The Labute approximate surface area is 101 Å². The van der Waals surface area contributed by atoms with Crippen LogP contribution in [0.2, 0.25) is 0 Å². The summed E-state index contributed by atoms with van der Waals surface area (Å²) in [6.07, 6.45) is 2.23. The van der Waals surface area contributed by atoms with Gasteiger partial charge in [0.2, 0.25) is 0 Å². The molecular weight excluding hydrogens is 218 g/mol. The number of benzene rings is 1. The van der Waals surface area contributed by atoms with Gasteiger partial charge in [-0.1, -0.05) is 0 Å². The van der Waals surface area contributed by atoms with Gasteiger partial charge in [-0.3, -0.25) is 0 Å². The molecule has 16 heavy (non-hydrogen) atoms. The zero-order valence-corrected chi connectivity index (χ0v) is 10.4. The second-order valence-corrected chi connectivity index (χ2v) is 5.80. The zero-order chi connectivity index (χ0) is 11.6. The van der Waals surface area contributed by atoms with E-state index in [9.17, 15) is 0 Å². The van der Waals surface area contributed by atoms with E-state index < -0.39 is 0 Å². The van der Waals surface area contributed by atoms with Crippen LogP contribution in [0.15, 0.2) is 29.2 Å². The van der Waals surface area contributed by atoms with Crippen molar-refractivity contribution in [2.45, 2.75) is 42.4 Å². The number of rotatable bonds is 4. The molecule has 0 heterocycles. The van der Waals surface area contributed by atoms with Gasteiger partial charge < -0.3 is 4.74 Å². The fourth-order valence-corrected chi connectivity index (χ4v) is 2.51. The molecule has 1 aliphatic carbocycles. The predicted octanol–water partition coefficient (Wildman–Crippen LogP) is 3.62. The van der Waals surface area contributed by atoms with Crippen molar-refractivity contribution in [3.8, 4) is 11.8 Å². The summed E-state index contributed by atoms with van der Waals surface area (Å²) in [6.45, 7) is 4.02. The summed E-state index contributed by atoms with van der Waals surface area (Å²) >= 11 is 1.67. The molecule has 1 aromatic rings. The van der Waals surface area contributed by atoms with Gasteiger partial charge in [0.25, 0.3) is 0 Å². The molecule has 0 saturated heterocycles. The van der Waals surface area contributed by atoms with Crippen molar-refractivity contribution >= 4 is 11.8 Å². The van der Waals surface area contributed by atoms with Crippen LogP contribution in [-0.2, 0) is 0 Å². The van der Waals surface area contributed by atoms with Crippen LogP contribution in [0.5, 0.6) is 5.75 Å². The lowest BCUT2D eigenvalue weighted by molar-refractivity contribution is 0.242. The van der Waals surface area contributed by atoms with Gasteiger partial charge in [-0.05, 0) is 51.0 Å². The van der Waals surface area contributed by atoms with E-state index >= 15 is 0 Å². The van der Waals surface area contributed by atoms with Crippen LogP contribution in [0, 0.1) is 11.3 Å². The van der Waals surface area contributed by atoms with E-state index in [0.717, 1.165) is 23.5 Å². The molecule has 0 radical (unpaired) electrons. The Bertz CT molecular complexity index is 401. The summed E-state index contributed by atoms with van der Waals surface area (Å²) in [5.41, 5.74) is 0. The molecule has 0 atom stereocenters. The molecule has 1 aromatic carbocycles. The molecule has 0 N–H and O–H groups in total. The molecule has 1 saturated carbocycles. The number of hydrogen-bond acceptors (Lipinski definition) is 3. The highest BCUT2D eigenvalue weighted by Crippen LogP contribution is 2.51. The number of nitrogens with zero attached hydrogens (tertiary/aromatic N) is 1. The van der Waals surface area contributed by atoms with Gasteiger partial charge in [0.1, 0.15) is 10.5 Å². The summed E-state index contributed by atoms with van der Waals surface area (Å²) in [6, 6.07) is 10.4. The Morgan fingerprint density at radius 2 is 1.94 bits per heavy atom. The third-order valence-corrected chi connectivity index (χ3v) is 3.81. The second kappa shape index (κ2) is 4.39. The number of ether oxygens (including phenoxy) is 1. The maximum atomic E-state index is 9.00. The summed E-state index contributed by atoms with van der Waals surface area (Å²) < 4.78 is 5.43. The first-order valence-corrected chi connectivity index (χ1v) is 6.32. The van der Waals surface area contributed by atoms with Crippen molar-refractivity contribution in [3.63, 3.8) is 0 Å². The highest BCUT2D eigenvalue weighted by Gasteiger charge is 2.44. The van der Waals surface area contributed by atoms with Crippen LogP contribution in [0.1, 0.15) is 26.7 Å². The topological polar surface area (TPSA) is 33.0 Å². The largest absolute Gasteiger partial charge is 0.491 e. The third kappa shape index (κ3) is 2.70. The van der Waals surface area contributed by atoms with E-state index in [-0.39, 0.29) is 10.9 Å². The van der Waals surface area contributed by atoms with Crippen molar-refractivity contribution in [1.29, 1.82) is 5.26 Å². The molecule has 2 nitrogen and oxygen atoms in total. The molecule has 0 unspecified atom stereocenters. The minimum atomic E-state index is -0.138. The van der Waals surface area contributed by atoms with Gasteiger partial charge in [0.05, 0.1) is 12.2 Å². The zero-order valence-electron chi connectivity index (χ0n) is 9.56. The van der Waals surface area contributed by atoms with Gasteiger partial charge in [0.15, 0.2) is 0 Å². The highest BCUT2D eigenvalue weighted by molar-refractivity contribution is 8.01. The average Bonchev–Trinajstić information content (AvgIpc) is 3.01. The highest BCUT2D eigenvalue weighted by atomic mass is 32.2. The van der Waals surface area contributed by atoms with Crippen molar-refractivity contribution in [2.24, 2.45) is 0 Å². The fraction of sp³-hybridized carbons (Fsp3) is 0.462. The minimum absolute atomic E-state index is 0.138. The SMILES string of the molecule is CC(C)Oc1ccc(SC2(C#N)CC2)cc1. The van der Waals surface area contributed by atoms with Gasteiger partial charge in [-0.25, -0.2) is 0 Å². The second-order valence-electron chi connectivity index (χ2n) is 4.35. The molecule has 0 aliphatic heterocycles. The van der Waals surface area contributed by atoms with Gasteiger partial charge in [-0.2, -0.15) is 5.26 Å². The molecule has 2 rings (SSSR count). The van der Waals surface area contributed by atoms with Crippen molar-refractivity contribution in [1.82, 2.24) is 0 Å². The van der Waals surface area contributed by atoms with E-state index in [0.29, 0.717) is 0 Å². The van der Waals surface area contributed by atoms with E-state index in [1.54, 1.807) is 11.8 Å². The molecule has 0 amide bonds. The summed E-state index contributed by atoms with van der Waals surface area (Å²) in [7, 11) is 0. The lowest BCUT2D eigenvalue weighted by atomic mass is 10.3. The predicted molar refractivity (Wildman–Crippen MR) is 65.6 cm³/mol. The van der Waals surface area contributed by atoms with E-state index in [2.05, 4.69) is 6.07 Å². The molecule has 3 heteroatoms. The average molecular weight is 233 g/mol. The third-order valence-electron chi connectivity index (χ3n) is 2.42. The van der Waals surface area contributed by atoms with E-state index in [4.69, 9.17) is 10.00 Å². The Balaban J connectivity index is 2.00. The van der Waals surface area contributed by atoms with Crippen LogP contribution < -0.4 is 4.74 Å². The summed E-state index contributed by atoms with van der Waals surface area (Å²) in [4.78, 5) is 1.15. The van der Waals surface area contributed by atoms with Crippen molar-refractivity contribution < 1.29 is 4.74 Å². The Kier molecular flexibility index (Phi) is 3.11. The van der Waals surface area contributed by atoms with Gasteiger partial charge in [-0.15, -0.1) is 11.8 Å². The summed E-state index contributed by atoms with van der Waals surface area (Å²) in [5, 5.41) is 9.00. The van der Waals surface area contributed by atoms with Crippen molar-refractivity contribution in [2.75, 3.05) is 0 Å². The quantitative estimate of drug-likeness (QED) is 0.796. The number of hydrogen-bond donors (Lipinski definition) is 0. The van der Waals surface area contributed by atoms with Gasteiger partial charge in [0, 0.05) is 4.90 Å². The smallest absolute Gasteiger partial charge is 0.119 e. The Morgan fingerprint density at radius 1 is 1.31 bits per heavy atom. The van der Waals surface area contributed by atoms with E-state index in [1.165, 1.54) is 0 Å². The first kappa shape index (κ1) is 11.3. The first-order chi connectivity index (χ1) is 7.63. The molecule has 0 aromatic heterocycles. The number of thioether (sulfide) groups is 1. The normalized spacial score (nSPS) is 16.9. The lowest BCUT2D eigenvalue weighted by Crippen LogP contribution is -2.05. The summed E-state index contributed by atoms with van der Waals surface area (Å²) in [5.74, 6) is 0.890. The maximum Gasteiger partial charge on any atom is 0.119 e. The molecule has 1 fully saturated rings. The molecule has 0 spiro atoms.